The zero-order valence-electron chi connectivity index (χ0n) is 12.6. The van der Waals surface area contributed by atoms with Gasteiger partial charge in [-0.25, -0.2) is 0 Å². The molecular weight excluding hydrogens is 284 g/mol. The van der Waals surface area contributed by atoms with Crippen molar-refractivity contribution in [1.82, 2.24) is 4.90 Å². The number of nitrogens with zero attached hydrogens (tertiary/aromatic N) is 1. The highest BCUT2D eigenvalue weighted by Gasteiger charge is 2.34. The monoisotopic (exact) mass is 304 g/mol. The molecule has 1 aromatic rings. The summed E-state index contributed by atoms with van der Waals surface area (Å²) >= 11 is 0. The number of hydrogen-bond acceptors (Lipinski definition) is 4. The molecule has 1 heterocycles. The minimum absolute atomic E-state index is 0.0138. The van der Waals surface area contributed by atoms with Crippen molar-refractivity contribution in [2.24, 2.45) is 5.92 Å². The second-order valence-electron chi connectivity index (χ2n) is 5.69. The van der Waals surface area contributed by atoms with Crippen LogP contribution in [-0.4, -0.2) is 43.6 Å². The number of rotatable bonds is 4. The Morgan fingerprint density at radius 2 is 2.23 bits per heavy atom. The molecule has 1 N–H and O–H groups in total. The molecule has 6 heteroatoms. The van der Waals surface area contributed by atoms with Crippen LogP contribution in [0.25, 0.3) is 0 Å². The highest BCUT2D eigenvalue weighted by atomic mass is 16.5. The zero-order valence-corrected chi connectivity index (χ0v) is 12.6. The summed E-state index contributed by atoms with van der Waals surface area (Å²) in [6.07, 6.45) is 1.99. The molecule has 1 aromatic carbocycles. The number of ether oxygens (including phenoxy) is 2. The van der Waals surface area contributed by atoms with Gasteiger partial charge < -0.3 is 19.7 Å². The van der Waals surface area contributed by atoms with E-state index in [9.17, 15) is 9.59 Å². The molecule has 0 unspecified atom stereocenters. The summed E-state index contributed by atoms with van der Waals surface area (Å²) in [6, 6.07) is 5.50. The van der Waals surface area contributed by atoms with Crippen molar-refractivity contribution in [2.75, 3.05) is 32.2 Å². The van der Waals surface area contributed by atoms with Crippen molar-refractivity contribution >= 4 is 17.5 Å². The molecule has 0 bridgehead atoms. The molecule has 1 aliphatic heterocycles. The van der Waals surface area contributed by atoms with Gasteiger partial charge in [0.1, 0.15) is 19.0 Å². The number of anilines is 1. The third kappa shape index (κ3) is 3.39. The molecule has 0 saturated heterocycles. The van der Waals surface area contributed by atoms with E-state index in [0.29, 0.717) is 25.4 Å². The lowest BCUT2D eigenvalue weighted by Crippen LogP contribution is -2.33. The van der Waals surface area contributed by atoms with Crippen LogP contribution < -0.4 is 10.1 Å². The quantitative estimate of drug-likeness (QED) is 0.913. The first-order valence-corrected chi connectivity index (χ1v) is 7.50. The number of amides is 2. The van der Waals surface area contributed by atoms with E-state index in [1.54, 1.807) is 6.07 Å². The molecule has 118 valence electrons. The van der Waals surface area contributed by atoms with Crippen molar-refractivity contribution in [1.29, 1.82) is 0 Å². The van der Waals surface area contributed by atoms with Gasteiger partial charge in [0.15, 0.2) is 0 Å². The van der Waals surface area contributed by atoms with E-state index in [2.05, 4.69) is 5.32 Å². The van der Waals surface area contributed by atoms with Crippen molar-refractivity contribution < 1.29 is 19.1 Å². The summed E-state index contributed by atoms with van der Waals surface area (Å²) in [5, 5.41) is 2.77. The molecular formula is C16H20N2O4. The van der Waals surface area contributed by atoms with Gasteiger partial charge >= 0.3 is 0 Å². The van der Waals surface area contributed by atoms with Crippen molar-refractivity contribution in [2.45, 2.75) is 19.4 Å². The maximum absolute atomic E-state index is 12.3. The predicted molar refractivity (Wildman–Crippen MR) is 80.6 cm³/mol. The molecule has 6 nitrogen and oxygen atoms in total. The van der Waals surface area contributed by atoms with Gasteiger partial charge in [-0.3, -0.25) is 9.59 Å². The molecule has 22 heavy (non-hydrogen) atoms. The predicted octanol–water partition coefficient (Wildman–Crippen LogP) is 1.40. The van der Waals surface area contributed by atoms with E-state index in [-0.39, 0.29) is 24.3 Å². The Morgan fingerprint density at radius 1 is 1.41 bits per heavy atom. The lowest BCUT2D eigenvalue weighted by atomic mass is 10.1. The Balaban J connectivity index is 1.74. The maximum atomic E-state index is 12.3. The van der Waals surface area contributed by atoms with Gasteiger partial charge in [0.25, 0.3) is 0 Å². The molecule has 2 aliphatic rings. The topological polar surface area (TPSA) is 67.9 Å². The smallest absolute Gasteiger partial charge is 0.250 e. The number of hydrogen-bond donors (Lipinski definition) is 1. The van der Waals surface area contributed by atoms with E-state index in [4.69, 9.17) is 9.47 Å². The highest BCUT2D eigenvalue weighted by Crippen LogP contribution is 2.33. The molecule has 0 spiro atoms. The van der Waals surface area contributed by atoms with Crippen LogP contribution in [0, 0.1) is 5.92 Å². The molecule has 2 amide bonds. The van der Waals surface area contributed by atoms with E-state index in [1.807, 2.05) is 17.0 Å². The Morgan fingerprint density at radius 3 is 2.95 bits per heavy atom. The SMILES string of the molecule is COCC(=O)Nc1ccc2c(c1)CN(C(=O)C1CC1)CCO2. The Labute approximate surface area is 129 Å². The summed E-state index contributed by atoms with van der Waals surface area (Å²) < 4.78 is 10.5. The van der Waals surface area contributed by atoms with Gasteiger partial charge in [-0.15, -0.1) is 0 Å². The average molecular weight is 304 g/mol. The molecule has 3 rings (SSSR count). The van der Waals surface area contributed by atoms with Crippen molar-refractivity contribution in [3.8, 4) is 5.75 Å². The number of fused-ring (bicyclic) bond motifs is 1. The fraction of sp³-hybridized carbons (Fsp3) is 0.500. The standard InChI is InChI=1S/C16H20N2O4/c1-21-10-15(19)17-13-4-5-14-12(8-13)9-18(6-7-22-14)16(20)11-2-3-11/h4-5,8,11H,2-3,6-7,9-10H2,1H3,(H,17,19). The molecule has 0 atom stereocenters. The fourth-order valence-corrected chi connectivity index (χ4v) is 2.58. The van der Waals surface area contributed by atoms with Gasteiger partial charge in [-0.1, -0.05) is 0 Å². The number of benzene rings is 1. The van der Waals surface area contributed by atoms with E-state index >= 15 is 0 Å². The average Bonchev–Trinajstić information content (AvgIpc) is 3.33. The molecule has 0 aromatic heterocycles. The highest BCUT2D eigenvalue weighted by molar-refractivity contribution is 5.91. The summed E-state index contributed by atoms with van der Waals surface area (Å²) in [7, 11) is 1.48. The number of carbonyl (C=O) groups is 2. The second kappa shape index (κ2) is 6.36. The first-order chi connectivity index (χ1) is 10.7. The lowest BCUT2D eigenvalue weighted by molar-refractivity contribution is -0.133. The molecule has 1 saturated carbocycles. The van der Waals surface area contributed by atoms with Crippen LogP contribution in [0.3, 0.4) is 0 Å². The minimum Gasteiger partial charge on any atom is -0.491 e. The van der Waals surface area contributed by atoms with Gasteiger partial charge in [-0.05, 0) is 31.0 Å². The van der Waals surface area contributed by atoms with E-state index in [0.717, 1.165) is 24.2 Å². The third-order valence-corrected chi connectivity index (χ3v) is 3.84. The number of nitrogens with one attached hydrogen (secondary N) is 1. The van der Waals surface area contributed by atoms with Gasteiger partial charge in [-0.2, -0.15) is 0 Å². The van der Waals surface area contributed by atoms with Crippen LogP contribution in [0.15, 0.2) is 18.2 Å². The Kier molecular flexibility index (Phi) is 4.29. The minimum atomic E-state index is -0.206. The summed E-state index contributed by atoms with van der Waals surface area (Å²) in [5.41, 5.74) is 1.60. The van der Waals surface area contributed by atoms with E-state index in [1.165, 1.54) is 7.11 Å². The third-order valence-electron chi connectivity index (χ3n) is 3.84. The van der Waals surface area contributed by atoms with Crippen LogP contribution in [0.4, 0.5) is 5.69 Å². The van der Waals surface area contributed by atoms with Crippen molar-refractivity contribution in [3.63, 3.8) is 0 Å². The fourth-order valence-electron chi connectivity index (χ4n) is 2.58. The molecule has 0 radical (unpaired) electrons. The van der Waals surface area contributed by atoms with Crippen LogP contribution >= 0.6 is 0 Å². The maximum Gasteiger partial charge on any atom is 0.250 e. The second-order valence-corrected chi connectivity index (χ2v) is 5.69. The number of methoxy groups -OCH3 is 1. The summed E-state index contributed by atoms with van der Waals surface area (Å²) in [4.78, 5) is 25.7. The Hall–Kier alpha value is -2.08. The first kappa shape index (κ1) is 14.8. The van der Waals surface area contributed by atoms with Gasteiger partial charge in [0.05, 0.1) is 6.54 Å². The molecule has 1 aliphatic carbocycles. The zero-order chi connectivity index (χ0) is 15.5. The van der Waals surface area contributed by atoms with Crippen LogP contribution in [0.1, 0.15) is 18.4 Å². The molecule has 1 fully saturated rings. The lowest BCUT2D eigenvalue weighted by Gasteiger charge is -2.19. The van der Waals surface area contributed by atoms with Crippen LogP contribution in [0.2, 0.25) is 0 Å². The van der Waals surface area contributed by atoms with Crippen LogP contribution in [0.5, 0.6) is 5.75 Å². The van der Waals surface area contributed by atoms with Gasteiger partial charge in [0.2, 0.25) is 11.8 Å². The normalized spacial score (nSPS) is 17.2. The van der Waals surface area contributed by atoms with Crippen molar-refractivity contribution in [3.05, 3.63) is 23.8 Å². The Bertz CT molecular complexity index is 584. The van der Waals surface area contributed by atoms with Crippen LogP contribution in [-0.2, 0) is 20.9 Å². The summed E-state index contributed by atoms with van der Waals surface area (Å²) in [5.74, 6) is 0.982. The van der Waals surface area contributed by atoms with E-state index < -0.39 is 0 Å². The first-order valence-electron chi connectivity index (χ1n) is 7.50. The largest absolute Gasteiger partial charge is 0.491 e. The van der Waals surface area contributed by atoms with Gasteiger partial charge in [0, 0.05) is 30.8 Å². The number of carbonyl (C=O) groups excluding carboxylic acids is 2. The summed E-state index contributed by atoms with van der Waals surface area (Å²) in [6.45, 7) is 1.65.